The van der Waals surface area contributed by atoms with Gasteiger partial charge in [0.2, 0.25) is 10.0 Å². The summed E-state index contributed by atoms with van der Waals surface area (Å²) in [5.41, 5.74) is 2.72. The van der Waals surface area contributed by atoms with Crippen LogP contribution in [0.3, 0.4) is 0 Å². The van der Waals surface area contributed by atoms with Crippen LogP contribution < -0.4 is 10.1 Å². The Morgan fingerprint density at radius 2 is 1.96 bits per heavy atom. The molecule has 0 atom stereocenters. The van der Waals surface area contributed by atoms with Gasteiger partial charge in [-0.25, -0.2) is 12.7 Å². The minimum absolute atomic E-state index is 0.0149. The highest BCUT2D eigenvalue weighted by Gasteiger charge is 2.25. The van der Waals surface area contributed by atoms with Crippen LogP contribution in [0.25, 0.3) is 0 Å². The number of sulfonamides is 1. The van der Waals surface area contributed by atoms with Crippen molar-refractivity contribution >= 4 is 15.9 Å². The van der Waals surface area contributed by atoms with Crippen LogP contribution in [0.5, 0.6) is 5.75 Å². The molecule has 25 heavy (non-hydrogen) atoms. The summed E-state index contributed by atoms with van der Waals surface area (Å²) in [6, 6.07) is 6.06. The van der Waals surface area contributed by atoms with Crippen LogP contribution in [0, 0.1) is 5.92 Å². The molecule has 1 amide bonds. The quantitative estimate of drug-likeness (QED) is 0.824. The number of carbonyl (C=O) groups is 1. The van der Waals surface area contributed by atoms with Gasteiger partial charge in [-0.3, -0.25) is 4.79 Å². The molecule has 1 saturated heterocycles. The van der Waals surface area contributed by atoms with Crippen molar-refractivity contribution in [2.45, 2.75) is 32.1 Å². The normalized spacial score (nSPS) is 18.8. The van der Waals surface area contributed by atoms with E-state index in [4.69, 9.17) is 4.74 Å². The Hall–Kier alpha value is -1.60. The number of piperidine rings is 1. The third-order valence-electron chi connectivity index (χ3n) is 5.07. The first kappa shape index (κ1) is 18.2. The minimum atomic E-state index is -3.10. The number of aryl methyl sites for hydroxylation is 2. The molecule has 1 N–H and O–H groups in total. The van der Waals surface area contributed by atoms with E-state index in [1.807, 2.05) is 12.1 Å². The van der Waals surface area contributed by atoms with Crippen molar-refractivity contribution in [1.82, 2.24) is 9.62 Å². The first-order valence-corrected chi connectivity index (χ1v) is 10.7. The lowest BCUT2D eigenvalue weighted by atomic mass is 9.98. The van der Waals surface area contributed by atoms with Gasteiger partial charge in [0.1, 0.15) is 5.75 Å². The molecule has 7 heteroatoms. The molecular formula is C18H26N2O4S. The lowest BCUT2D eigenvalue weighted by Crippen LogP contribution is -2.41. The molecule has 0 saturated carbocycles. The minimum Gasteiger partial charge on any atom is -0.484 e. The molecule has 1 aliphatic carbocycles. The molecular weight excluding hydrogens is 340 g/mol. The Morgan fingerprint density at radius 1 is 1.24 bits per heavy atom. The number of fused-ring (bicyclic) bond motifs is 1. The largest absolute Gasteiger partial charge is 0.484 e. The summed E-state index contributed by atoms with van der Waals surface area (Å²) in [4.78, 5) is 12.0. The van der Waals surface area contributed by atoms with Gasteiger partial charge in [0, 0.05) is 19.6 Å². The summed E-state index contributed by atoms with van der Waals surface area (Å²) in [5.74, 6) is 0.935. The molecule has 1 aromatic rings. The van der Waals surface area contributed by atoms with E-state index in [0.717, 1.165) is 31.4 Å². The molecule has 138 valence electrons. The van der Waals surface area contributed by atoms with Gasteiger partial charge < -0.3 is 10.1 Å². The predicted octanol–water partition coefficient (Wildman–Crippen LogP) is 1.34. The topological polar surface area (TPSA) is 75.7 Å². The van der Waals surface area contributed by atoms with E-state index >= 15 is 0 Å². The highest BCUT2D eigenvalue weighted by atomic mass is 32.2. The lowest BCUT2D eigenvalue weighted by molar-refractivity contribution is -0.123. The Morgan fingerprint density at radius 3 is 2.68 bits per heavy atom. The van der Waals surface area contributed by atoms with E-state index in [-0.39, 0.29) is 12.5 Å². The molecule has 0 spiro atoms. The van der Waals surface area contributed by atoms with Gasteiger partial charge in [0.15, 0.2) is 6.61 Å². The Balaban J connectivity index is 1.37. The molecule has 0 bridgehead atoms. The second-order valence-corrected chi connectivity index (χ2v) is 8.96. The number of nitrogens with one attached hydrogen (secondary N) is 1. The molecule has 6 nitrogen and oxygen atoms in total. The molecule has 1 aromatic carbocycles. The van der Waals surface area contributed by atoms with Crippen molar-refractivity contribution in [2.24, 2.45) is 5.92 Å². The molecule has 2 aliphatic rings. The summed E-state index contributed by atoms with van der Waals surface area (Å²) in [6.45, 7) is 1.65. The summed E-state index contributed by atoms with van der Waals surface area (Å²) < 4.78 is 30.1. The summed E-state index contributed by atoms with van der Waals surface area (Å²) >= 11 is 0. The highest BCUT2D eigenvalue weighted by molar-refractivity contribution is 7.88. The van der Waals surface area contributed by atoms with Crippen LogP contribution in [-0.4, -0.2) is 51.1 Å². The van der Waals surface area contributed by atoms with Crippen LogP contribution >= 0.6 is 0 Å². The van der Waals surface area contributed by atoms with Crippen LogP contribution in [0.2, 0.25) is 0 Å². The van der Waals surface area contributed by atoms with E-state index in [1.54, 1.807) is 0 Å². The van der Waals surface area contributed by atoms with Crippen LogP contribution in [-0.2, 0) is 27.7 Å². The van der Waals surface area contributed by atoms with Gasteiger partial charge in [-0.1, -0.05) is 6.07 Å². The van der Waals surface area contributed by atoms with E-state index in [0.29, 0.717) is 25.6 Å². The molecule has 1 fully saturated rings. The van der Waals surface area contributed by atoms with Crippen molar-refractivity contribution in [2.75, 3.05) is 32.5 Å². The monoisotopic (exact) mass is 366 g/mol. The number of nitrogens with zero attached hydrogens (tertiary/aromatic N) is 1. The van der Waals surface area contributed by atoms with Crippen LogP contribution in [0.4, 0.5) is 0 Å². The Labute approximate surface area is 149 Å². The average Bonchev–Trinajstić information content (AvgIpc) is 3.05. The SMILES string of the molecule is CS(=O)(=O)N1CCC(CNC(=O)COc2ccc3c(c2)CCC3)CC1. The smallest absolute Gasteiger partial charge is 0.257 e. The first-order chi connectivity index (χ1) is 11.9. The first-order valence-electron chi connectivity index (χ1n) is 8.88. The van der Waals surface area contributed by atoms with Gasteiger partial charge in [-0.2, -0.15) is 0 Å². The number of amides is 1. The number of hydrogen-bond acceptors (Lipinski definition) is 4. The van der Waals surface area contributed by atoms with Gasteiger partial charge in [-0.15, -0.1) is 0 Å². The zero-order chi connectivity index (χ0) is 17.9. The van der Waals surface area contributed by atoms with Crippen molar-refractivity contribution in [1.29, 1.82) is 0 Å². The molecule has 0 unspecified atom stereocenters. The maximum absolute atomic E-state index is 12.0. The summed E-state index contributed by atoms with van der Waals surface area (Å²) in [5, 5.41) is 2.90. The predicted molar refractivity (Wildman–Crippen MR) is 96.1 cm³/mol. The second-order valence-electron chi connectivity index (χ2n) is 6.98. The zero-order valence-corrected chi connectivity index (χ0v) is 15.5. The number of benzene rings is 1. The van der Waals surface area contributed by atoms with Crippen molar-refractivity contribution in [3.8, 4) is 5.75 Å². The number of rotatable bonds is 6. The fraction of sp³-hybridized carbons (Fsp3) is 0.611. The molecule has 0 radical (unpaired) electrons. The van der Waals surface area contributed by atoms with Crippen LogP contribution in [0.15, 0.2) is 18.2 Å². The van der Waals surface area contributed by atoms with Gasteiger partial charge in [-0.05, 0) is 61.3 Å². The van der Waals surface area contributed by atoms with E-state index in [9.17, 15) is 13.2 Å². The fourth-order valence-electron chi connectivity index (χ4n) is 3.54. The van der Waals surface area contributed by atoms with Crippen molar-refractivity contribution in [3.05, 3.63) is 29.3 Å². The van der Waals surface area contributed by atoms with Crippen molar-refractivity contribution in [3.63, 3.8) is 0 Å². The maximum Gasteiger partial charge on any atom is 0.257 e. The molecule has 1 aliphatic heterocycles. The Kier molecular flexibility index (Phi) is 5.64. The maximum atomic E-state index is 12.0. The fourth-order valence-corrected chi connectivity index (χ4v) is 4.42. The second kappa shape index (κ2) is 7.74. The zero-order valence-electron chi connectivity index (χ0n) is 14.7. The summed E-state index contributed by atoms with van der Waals surface area (Å²) in [7, 11) is -3.10. The van der Waals surface area contributed by atoms with E-state index in [2.05, 4.69) is 11.4 Å². The number of carbonyl (C=O) groups excluding carboxylic acids is 1. The average molecular weight is 366 g/mol. The lowest BCUT2D eigenvalue weighted by Gasteiger charge is -2.30. The molecule has 3 rings (SSSR count). The standard InChI is InChI=1S/C18H26N2O4S/c1-25(22,23)20-9-7-14(8-10-20)12-19-18(21)13-24-17-6-5-15-3-2-4-16(15)11-17/h5-6,11,14H,2-4,7-10,12-13H2,1H3,(H,19,21). The highest BCUT2D eigenvalue weighted by Crippen LogP contribution is 2.26. The van der Waals surface area contributed by atoms with Gasteiger partial charge in [0.05, 0.1) is 6.26 Å². The molecule has 1 heterocycles. The third kappa shape index (κ3) is 4.95. The van der Waals surface area contributed by atoms with E-state index in [1.165, 1.54) is 28.1 Å². The summed E-state index contributed by atoms with van der Waals surface area (Å²) in [6.07, 6.45) is 6.21. The third-order valence-corrected chi connectivity index (χ3v) is 6.37. The van der Waals surface area contributed by atoms with Gasteiger partial charge in [0.25, 0.3) is 5.91 Å². The van der Waals surface area contributed by atoms with E-state index < -0.39 is 10.0 Å². The van der Waals surface area contributed by atoms with Crippen molar-refractivity contribution < 1.29 is 17.9 Å². The Bertz CT molecular complexity index is 725. The molecule has 0 aromatic heterocycles. The number of ether oxygens (including phenoxy) is 1. The van der Waals surface area contributed by atoms with Gasteiger partial charge >= 0.3 is 0 Å². The van der Waals surface area contributed by atoms with Crippen LogP contribution in [0.1, 0.15) is 30.4 Å². The number of hydrogen-bond donors (Lipinski definition) is 1.